The highest BCUT2D eigenvalue weighted by atomic mass is 16.2. The van der Waals surface area contributed by atoms with Gasteiger partial charge in [-0.25, -0.2) is 0 Å². The molecular weight excluding hydrogens is 328 g/mol. The molecule has 0 bridgehead atoms. The molecule has 0 unspecified atom stereocenters. The Hall–Kier alpha value is -2.05. The van der Waals surface area contributed by atoms with Gasteiger partial charge < -0.3 is 15.1 Å². The summed E-state index contributed by atoms with van der Waals surface area (Å²) in [4.78, 5) is 21.1. The third-order valence-corrected chi connectivity index (χ3v) is 5.17. The Balaban J connectivity index is 2.02. The van der Waals surface area contributed by atoms with E-state index in [1.165, 1.54) is 11.3 Å². The van der Waals surface area contributed by atoms with Crippen LogP contribution < -0.4 is 5.32 Å². The molecule has 7 nitrogen and oxygen atoms in total. The third kappa shape index (κ3) is 4.02. The van der Waals surface area contributed by atoms with Gasteiger partial charge in [0.1, 0.15) is 0 Å². The molecule has 2 heterocycles. The fraction of sp³-hybridized carbons (Fsp3) is 0.737. The van der Waals surface area contributed by atoms with Crippen LogP contribution >= 0.6 is 0 Å². The van der Waals surface area contributed by atoms with Crippen molar-refractivity contribution in [2.75, 3.05) is 26.7 Å². The molecule has 0 atom stereocenters. The highest BCUT2D eigenvalue weighted by molar-refractivity contribution is 5.88. The Morgan fingerprint density at radius 2 is 2.00 bits per heavy atom. The van der Waals surface area contributed by atoms with Gasteiger partial charge in [-0.1, -0.05) is 0 Å². The van der Waals surface area contributed by atoms with E-state index in [2.05, 4.69) is 54.9 Å². The van der Waals surface area contributed by atoms with E-state index in [1.54, 1.807) is 7.05 Å². The molecule has 1 fully saturated rings. The van der Waals surface area contributed by atoms with Crippen LogP contribution in [0.5, 0.6) is 0 Å². The van der Waals surface area contributed by atoms with Crippen molar-refractivity contribution < 1.29 is 4.79 Å². The molecule has 0 aromatic carbocycles. The van der Waals surface area contributed by atoms with Gasteiger partial charge in [-0.15, -0.1) is 0 Å². The number of nitrogens with one attached hydrogen (secondary N) is 1. The second-order valence-corrected chi connectivity index (χ2v) is 8.02. The maximum absolute atomic E-state index is 12.7. The molecule has 1 aromatic heterocycles. The van der Waals surface area contributed by atoms with Gasteiger partial charge in [0.15, 0.2) is 5.96 Å². The van der Waals surface area contributed by atoms with Gasteiger partial charge in [-0.05, 0) is 53.5 Å². The first-order chi connectivity index (χ1) is 12.1. The lowest BCUT2D eigenvalue weighted by Gasteiger charge is -2.49. The van der Waals surface area contributed by atoms with E-state index in [1.807, 2.05) is 23.6 Å². The molecule has 146 valence electrons. The number of guanidine groups is 1. The van der Waals surface area contributed by atoms with Crippen molar-refractivity contribution in [2.45, 2.75) is 59.5 Å². The number of piperazine rings is 1. The van der Waals surface area contributed by atoms with Crippen molar-refractivity contribution in [2.24, 2.45) is 12.0 Å². The average Bonchev–Trinajstić information content (AvgIpc) is 2.75. The van der Waals surface area contributed by atoms with Crippen molar-refractivity contribution in [3.63, 3.8) is 0 Å². The van der Waals surface area contributed by atoms with Gasteiger partial charge in [0.05, 0.1) is 17.8 Å². The molecule has 1 amide bonds. The summed E-state index contributed by atoms with van der Waals surface area (Å²) < 4.78 is 1.92. The molecule has 26 heavy (non-hydrogen) atoms. The molecular formula is C19H34N6O. The number of hydrogen-bond donors (Lipinski definition) is 1. The summed E-state index contributed by atoms with van der Waals surface area (Å²) in [5.74, 6) is 0.937. The third-order valence-electron chi connectivity index (χ3n) is 5.17. The molecule has 1 saturated heterocycles. The van der Waals surface area contributed by atoms with Crippen LogP contribution in [0.3, 0.4) is 0 Å². The Morgan fingerprint density at radius 1 is 1.35 bits per heavy atom. The molecule has 0 aliphatic carbocycles. The summed E-state index contributed by atoms with van der Waals surface area (Å²) in [6.07, 6.45) is 0.883. The van der Waals surface area contributed by atoms with Crippen molar-refractivity contribution in [3.05, 3.63) is 17.0 Å². The maximum Gasteiger partial charge on any atom is 0.242 e. The molecule has 2 rings (SSSR count). The smallest absolute Gasteiger partial charge is 0.242 e. The fourth-order valence-corrected chi connectivity index (χ4v) is 4.12. The number of carbonyl (C=O) groups excluding carboxylic acids is 1. The minimum atomic E-state index is -0.225. The SMILES string of the molecule is CN=C(NCCc1c(C)nn(C)c1C)N1CC(=O)N(C(C)C)C(C)(C)C1. The highest BCUT2D eigenvalue weighted by Crippen LogP contribution is 2.24. The predicted molar refractivity (Wildman–Crippen MR) is 105 cm³/mol. The summed E-state index contributed by atoms with van der Waals surface area (Å²) >= 11 is 0. The second kappa shape index (κ2) is 7.68. The summed E-state index contributed by atoms with van der Waals surface area (Å²) in [5, 5.41) is 7.89. The number of hydrogen-bond acceptors (Lipinski definition) is 3. The largest absolute Gasteiger partial charge is 0.356 e. The number of nitrogens with zero attached hydrogens (tertiary/aromatic N) is 5. The first-order valence-electron chi connectivity index (χ1n) is 9.35. The number of carbonyl (C=O) groups is 1. The molecule has 0 radical (unpaired) electrons. The van der Waals surface area contributed by atoms with Crippen molar-refractivity contribution in [1.82, 2.24) is 24.9 Å². The van der Waals surface area contributed by atoms with Crippen LogP contribution in [0.15, 0.2) is 4.99 Å². The van der Waals surface area contributed by atoms with Crippen LogP contribution in [0.25, 0.3) is 0 Å². The van der Waals surface area contributed by atoms with Crippen LogP contribution in [0.4, 0.5) is 0 Å². The molecule has 1 N–H and O–H groups in total. The zero-order valence-corrected chi connectivity index (χ0v) is 17.6. The molecule has 0 saturated carbocycles. The Morgan fingerprint density at radius 3 is 2.46 bits per heavy atom. The van der Waals surface area contributed by atoms with Gasteiger partial charge in [-0.2, -0.15) is 5.10 Å². The van der Waals surface area contributed by atoms with Gasteiger partial charge in [-0.3, -0.25) is 14.5 Å². The van der Waals surface area contributed by atoms with Gasteiger partial charge in [0.2, 0.25) is 5.91 Å². The topological polar surface area (TPSA) is 65.8 Å². The van der Waals surface area contributed by atoms with Crippen LogP contribution in [0.2, 0.25) is 0 Å². The van der Waals surface area contributed by atoms with E-state index in [0.717, 1.165) is 31.2 Å². The van der Waals surface area contributed by atoms with E-state index >= 15 is 0 Å². The normalized spacial score (nSPS) is 18.0. The Labute approximate surface area is 157 Å². The molecule has 1 aromatic rings. The maximum atomic E-state index is 12.7. The monoisotopic (exact) mass is 362 g/mol. The van der Waals surface area contributed by atoms with Crippen LogP contribution in [0, 0.1) is 13.8 Å². The van der Waals surface area contributed by atoms with Crippen LogP contribution in [0.1, 0.15) is 44.6 Å². The van der Waals surface area contributed by atoms with E-state index < -0.39 is 0 Å². The number of aryl methyl sites for hydroxylation is 2. The van der Waals surface area contributed by atoms with Gasteiger partial charge in [0, 0.05) is 38.9 Å². The quantitative estimate of drug-likeness (QED) is 0.651. The number of aliphatic imine (C=N–C) groups is 1. The first-order valence-corrected chi connectivity index (χ1v) is 9.35. The highest BCUT2D eigenvalue weighted by Gasteiger charge is 2.40. The zero-order valence-electron chi connectivity index (χ0n) is 17.6. The lowest BCUT2D eigenvalue weighted by Crippen LogP contribution is -2.66. The molecule has 1 aliphatic rings. The summed E-state index contributed by atoms with van der Waals surface area (Å²) in [5.41, 5.74) is 3.32. The lowest BCUT2D eigenvalue weighted by molar-refractivity contribution is -0.145. The average molecular weight is 363 g/mol. The minimum absolute atomic E-state index is 0.151. The number of rotatable bonds is 4. The van der Waals surface area contributed by atoms with Crippen molar-refractivity contribution in [3.8, 4) is 0 Å². The Kier molecular flexibility index (Phi) is 5.98. The lowest BCUT2D eigenvalue weighted by atomic mass is 9.96. The van der Waals surface area contributed by atoms with E-state index in [9.17, 15) is 4.79 Å². The summed E-state index contributed by atoms with van der Waals surface area (Å²) in [7, 11) is 3.75. The van der Waals surface area contributed by atoms with E-state index in [0.29, 0.717) is 6.54 Å². The number of amides is 1. The van der Waals surface area contributed by atoms with E-state index in [-0.39, 0.29) is 17.5 Å². The zero-order chi connectivity index (χ0) is 19.6. The van der Waals surface area contributed by atoms with Crippen molar-refractivity contribution in [1.29, 1.82) is 0 Å². The number of aromatic nitrogens is 2. The van der Waals surface area contributed by atoms with Gasteiger partial charge >= 0.3 is 0 Å². The van der Waals surface area contributed by atoms with Gasteiger partial charge in [0.25, 0.3) is 0 Å². The predicted octanol–water partition coefficient (Wildman–Crippen LogP) is 1.49. The van der Waals surface area contributed by atoms with E-state index in [4.69, 9.17) is 0 Å². The van der Waals surface area contributed by atoms with Crippen LogP contribution in [-0.4, -0.2) is 69.7 Å². The van der Waals surface area contributed by atoms with Crippen molar-refractivity contribution >= 4 is 11.9 Å². The minimum Gasteiger partial charge on any atom is -0.356 e. The molecule has 0 spiro atoms. The fourth-order valence-electron chi connectivity index (χ4n) is 4.12. The standard InChI is InChI=1S/C19H34N6O/c1-13(2)25-17(26)11-24(12-19(25,5)6)18(20-7)21-10-9-16-14(3)22-23(8)15(16)4/h13H,9-12H2,1-8H3,(H,20,21). The Bertz CT molecular complexity index is 688. The first kappa shape index (κ1) is 20.3. The summed E-state index contributed by atoms with van der Waals surface area (Å²) in [6, 6.07) is 0.200. The summed E-state index contributed by atoms with van der Waals surface area (Å²) in [6.45, 7) is 14.4. The molecule has 1 aliphatic heterocycles. The van der Waals surface area contributed by atoms with Crippen LogP contribution in [-0.2, 0) is 18.3 Å². The second-order valence-electron chi connectivity index (χ2n) is 8.02. The molecule has 7 heteroatoms.